The summed E-state index contributed by atoms with van der Waals surface area (Å²) >= 11 is 0. The summed E-state index contributed by atoms with van der Waals surface area (Å²) in [7, 11) is -2.06. The van der Waals surface area contributed by atoms with Crippen LogP contribution in [0.25, 0.3) is 0 Å². The van der Waals surface area contributed by atoms with Gasteiger partial charge in [-0.25, -0.2) is 4.57 Å². The van der Waals surface area contributed by atoms with E-state index in [0.717, 1.165) is 6.26 Å². The van der Waals surface area contributed by atoms with E-state index in [1.165, 1.54) is 0 Å². The third-order valence-electron chi connectivity index (χ3n) is 0.699. The first-order chi connectivity index (χ1) is 4.15. The van der Waals surface area contributed by atoms with Gasteiger partial charge in [0.1, 0.15) is 0 Å². The van der Waals surface area contributed by atoms with E-state index in [0.29, 0.717) is 0 Å². The summed E-state index contributed by atoms with van der Waals surface area (Å²) in [5, 5.41) is 0. The molecule has 0 saturated heterocycles. The van der Waals surface area contributed by atoms with E-state index < -0.39 is 23.2 Å². The second-order valence-electron chi connectivity index (χ2n) is 1.45. The second-order valence-corrected chi connectivity index (χ2v) is 11.4. The third kappa shape index (κ3) is 6.86. The van der Waals surface area contributed by atoms with Crippen LogP contribution >= 0.6 is 38.3 Å². The number of hydrogen-bond acceptors (Lipinski definition) is 1. The minimum atomic E-state index is -4.55. The Bertz CT molecular complexity index is 219. The molecule has 0 spiro atoms. The Morgan fingerprint density at radius 2 is 1.25 bits per heavy atom. The molecule has 0 aromatic rings. The largest absolute Gasteiger partial charge is 0.383 e. The van der Waals surface area contributed by atoms with Crippen molar-refractivity contribution in [1.29, 1.82) is 0 Å². The SMILES string of the molecule is CS(P(=O)(O)O)=P(O)(O)O.Cl.Cl. The summed E-state index contributed by atoms with van der Waals surface area (Å²) < 4.78 is 10.2. The second kappa shape index (κ2) is 5.98. The van der Waals surface area contributed by atoms with E-state index in [4.69, 9.17) is 24.5 Å². The summed E-state index contributed by atoms with van der Waals surface area (Å²) in [4.78, 5) is 41.7. The van der Waals surface area contributed by atoms with Crippen LogP contribution in [0.2, 0.25) is 0 Å². The molecule has 0 aromatic heterocycles. The summed E-state index contributed by atoms with van der Waals surface area (Å²) in [6.45, 7) is -8.91. The van der Waals surface area contributed by atoms with Crippen LogP contribution in [0.3, 0.4) is 0 Å². The molecule has 0 aliphatic carbocycles. The Morgan fingerprint density at radius 1 is 1.00 bits per heavy atom. The van der Waals surface area contributed by atoms with Gasteiger partial charge in [-0.15, -0.1) is 24.8 Å². The lowest BCUT2D eigenvalue weighted by atomic mass is 12.0. The van der Waals surface area contributed by atoms with Crippen LogP contribution in [0, 0.1) is 0 Å². The third-order valence-corrected chi connectivity index (χ3v) is 10.2. The van der Waals surface area contributed by atoms with Crippen molar-refractivity contribution < 1.29 is 29.0 Å². The smallest absolute Gasteiger partial charge is 0.328 e. The quantitative estimate of drug-likeness (QED) is 0.426. The van der Waals surface area contributed by atoms with Gasteiger partial charge in [0.2, 0.25) is 0 Å². The van der Waals surface area contributed by atoms with Gasteiger partial charge < -0.3 is 24.5 Å². The molecule has 80 valence electrons. The highest BCUT2D eigenvalue weighted by molar-refractivity contribution is 8.63. The molecule has 0 aliphatic rings. The maximum absolute atomic E-state index is 10.2. The van der Waals surface area contributed by atoms with Crippen LogP contribution in [0.1, 0.15) is 0 Å². The fourth-order valence-corrected chi connectivity index (χ4v) is 3.85. The molecule has 1 atom stereocenters. The summed E-state index contributed by atoms with van der Waals surface area (Å²) in [5.41, 5.74) is 0. The van der Waals surface area contributed by atoms with Gasteiger partial charge >= 0.3 is 6.80 Å². The van der Waals surface area contributed by atoms with Gasteiger partial charge in [-0.2, -0.15) is 0 Å². The standard InChI is InChI=1S/CH8O6P2S.2ClH/c1-10(8(2,3)4)9(5,6)7;;/h2-4H,1H3,(H2,5,6,7);2*1H. The van der Waals surface area contributed by atoms with Crippen molar-refractivity contribution in [2.24, 2.45) is 0 Å². The Hall–Kier alpha value is 1.39. The van der Waals surface area contributed by atoms with Crippen molar-refractivity contribution >= 4 is 48.0 Å². The average molecular weight is 283 g/mol. The van der Waals surface area contributed by atoms with Gasteiger partial charge in [0.15, 0.2) is 0 Å². The highest BCUT2D eigenvalue weighted by atomic mass is 35.5. The van der Waals surface area contributed by atoms with Crippen molar-refractivity contribution in [2.75, 3.05) is 6.26 Å². The van der Waals surface area contributed by atoms with Crippen LogP contribution in [0.15, 0.2) is 0 Å². The summed E-state index contributed by atoms with van der Waals surface area (Å²) in [6.07, 6.45) is 0.897. The van der Waals surface area contributed by atoms with E-state index >= 15 is 0 Å². The van der Waals surface area contributed by atoms with Crippen molar-refractivity contribution in [2.45, 2.75) is 0 Å². The van der Waals surface area contributed by atoms with Gasteiger partial charge in [-0.3, -0.25) is 0 Å². The van der Waals surface area contributed by atoms with Crippen LogP contribution < -0.4 is 0 Å². The van der Waals surface area contributed by atoms with Gasteiger partial charge in [-0.05, 0) is 15.9 Å². The van der Waals surface area contributed by atoms with Crippen LogP contribution in [-0.4, -0.2) is 30.7 Å². The molecule has 0 rings (SSSR count). The van der Waals surface area contributed by atoms with Crippen LogP contribution in [0.5, 0.6) is 0 Å². The fourth-order valence-electron chi connectivity index (χ4n) is 0.143. The minimum absolute atomic E-state index is 0. The molecular formula is CH10Cl2O6P2S. The zero-order valence-electron chi connectivity index (χ0n) is 5.76. The lowest BCUT2D eigenvalue weighted by Crippen LogP contribution is -1.91. The molecule has 0 radical (unpaired) electrons. The summed E-state index contributed by atoms with van der Waals surface area (Å²) in [6, 6.07) is 0. The Labute approximate surface area is 83.5 Å². The lowest BCUT2D eigenvalue weighted by molar-refractivity contribution is 0.362. The van der Waals surface area contributed by atoms with Crippen LogP contribution in [0.4, 0.5) is 0 Å². The maximum Gasteiger partial charge on any atom is 0.383 e. The normalized spacial score (nSPS) is 14.2. The fraction of sp³-hybridized carbons (Fsp3) is 1.00. The molecule has 0 saturated carbocycles. The predicted octanol–water partition coefficient (Wildman–Crippen LogP) is -0.175. The van der Waals surface area contributed by atoms with E-state index in [1.54, 1.807) is 0 Å². The molecule has 0 bridgehead atoms. The van der Waals surface area contributed by atoms with Crippen molar-refractivity contribution in [3.8, 4) is 0 Å². The number of halogens is 2. The molecule has 1 unspecified atom stereocenters. The zero-order chi connectivity index (χ0) is 8.58. The highest BCUT2D eigenvalue weighted by Crippen LogP contribution is 2.53. The topological polar surface area (TPSA) is 118 Å². The molecule has 6 nitrogen and oxygen atoms in total. The molecule has 0 aromatic carbocycles. The molecular weight excluding hydrogens is 273 g/mol. The molecule has 0 fully saturated rings. The zero-order valence-corrected chi connectivity index (χ0v) is 10.0. The van der Waals surface area contributed by atoms with Gasteiger partial charge in [-0.1, -0.05) is 0 Å². The maximum atomic E-state index is 10.2. The Morgan fingerprint density at radius 3 is 1.25 bits per heavy atom. The molecule has 0 amide bonds. The minimum Gasteiger partial charge on any atom is -0.328 e. The van der Waals surface area contributed by atoms with Gasteiger partial charge in [0, 0.05) is 0 Å². The van der Waals surface area contributed by atoms with Gasteiger partial charge in [0.05, 0.1) is 0 Å². The predicted molar refractivity (Wildman–Crippen MR) is 53.4 cm³/mol. The molecule has 0 aliphatic heterocycles. The highest BCUT2D eigenvalue weighted by Gasteiger charge is 2.24. The van der Waals surface area contributed by atoms with E-state index in [2.05, 4.69) is 0 Å². The average Bonchev–Trinajstić information content (AvgIpc) is 1.59. The van der Waals surface area contributed by atoms with Crippen molar-refractivity contribution in [3.63, 3.8) is 0 Å². The monoisotopic (exact) mass is 282 g/mol. The van der Waals surface area contributed by atoms with Crippen molar-refractivity contribution in [1.82, 2.24) is 0 Å². The summed E-state index contributed by atoms with van der Waals surface area (Å²) in [5.74, 6) is 0. The van der Waals surface area contributed by atoms with E-state index in [-0.39, 0.29) is 24.8 Å². The molecule has 5 N–H and O–H groups in total. The Balaban J connectivity index is -0.000000405. The Kier molecular flexibility index (Phi) is 9.49. The first-order valence-corrected chi connectivity index (χ1v) is 8.06. The lowest BCUT2D eigenvalue weighted by Gasteiger charge is -2.10. The first-order valence-electron chi connectivity index (χ1n) is 1.96. The van der Waals surface area contributed by atoms with Crippen LogP contribution in [-0.2, 0) is 14.3 Å². The molecule has 11 heteroatoms. The van der Waals surface area contributed by atoms with E-state index in [1.807, 2.05) is 0 Å². The van der Waals surface area contributed by atoms with Crippen molar-refractivity contribution in [3.05, 3.63) is 0 Å². The number of hydrogen-bond donors (Lipinski definition) is 5. The first kappa shape index (κ1) is 19.0. The molecule has 12 heavy (non-hydrogen) atoms. The van der Waals surface area contributed by atoms with E-state index in [9.17, 15) is 4.57 Å². The van der Waals surface area contributed by atoms with Gasteiger partial charge in [0.25, 0.3) is 6.72 Å². The number of rotatable bonds is 1. The molecule has 0 heterocycles.